The Balaban J connectivity index is 2.52. The van der Waals surface area contributed by atoms with E-state index in [2.05, 4.69) is 16.8 Å². The zero-order chi connectivity index (χ0) is 12.7. The second kappa shape index (κ2) is 8.00. The summed E-state index contributed by atoms with van der Waals surface area (Å²) >= 11 is 0. The highest BCUT2D eigenvalue weighted by molar-refractivity contribution is 4.89. The van der Waals surface area contributed by atoms with E-state index in [0.29, 0.717) is 6.04 Å². The van der Waals surface area contributed by atoms with Crippen molar-refractivity contribution in [3.8, 4) is 0 Å². The van der Waals surface area contributed by atoms with Gasteiger partial charge in [0.2, 0.25) is 0 Å². The van der Waals surface area contributed by atoms with Crippen molar-refractivity contribution in [2.24, 2.45) is 5.73 Å². The number of nitrogens with zero attached hydrogens (tertiary/aromatic N) is 2. The molecular weight excluding hydrogens is 218 g/mol. The maximum atomic E-state index is 6.24. The maximum Gasteiger partial charge on any atom is 0.0589 e. The number of nitrogens with two attached hydrogens (primary N) is 1. The molecule has 0 radical (unpaired) electrons. The summed E-state index contributed by atoms with van der Waals surface area (Å²) in [7, 11) is 5.63. The van der Waals surface area contributed by atoms with Crippen LogP contribution in [0.5, 0.6) is 0 Å². The number of likely N-dealkylation sites (tertiary alicyclic amines) is 1. The topological polar surface area (TPSA) is 51.0 Å². The molecule has 1 heterocycles. The molecule has 0 bridgehead atoms. The molecule has 0 spiro atoms. The van der Waals surface area contributed by atoms with Gasteiger partial charge >= 0.3 is 0 Å². The Labute approximate surface area is 105 Å². The van der Waals surface area contributed by atoms with Crippen LogP contribution in [0.4, 0.5) is 0 Å². The van der Waals surface area contributed by atoms with Crippen molar-refractivity contribution >= 4 is 0 Å². The summed E-state index contributed by atoms with van der Waals surface area (Å²) in [5.41, 5.74) is 6.24. The van der Waals surface area contributed by atoms with Crippen molar-refractivity contribution in [2.75, 3.05) is 60.7 Å². The molecular formula is C12H27N3O2. The predicted octanol–water partition coefficient (Wildman–Crippen LogP) is -0.387. The Morgan fingerprint density at radius 1 is 1.24 bits per heavy atom. The molecule has 1 fully saturated rings. The first-order valence-electron chi connectivity index (χ1n) is 6.35. The molecule has 0 aromatic heterocycles. The van der Waals surface area contributed by atoms with Gasteiger partial charge in [-0.3, -0.25) is 4.90 Å². The van der Waals surface area contributed by atoms with Gasteiger partial charge in [0.25, 0.3) is 0 Å². The van der Waals surface area contributed by atoms with Crippen LogP contribution in [0.1, 0.15) is 6.42 Å². The summed E-state index contributed by atoms with van der Waals surface area (Å²) < 4.78 is 10.3. The van der Waals surface area contributed by atoms with Crippen LogP contribution >= 0.6 is 0 Å². The fraction of sp³-hybridized carbons (Fsp3) is 1.00. The average Bonchev–Trinajstić information content (AvgIpc) is 2.33. The van der Waals surface area contributed by atoms with Crippen molar-refractivity contribution in [3.63, 3.8) is 0 Å². The van der Waals surface area contributed by atoms with Gasteiger partial charge in [-0.05, 0) is 20.0 Å². The van der Waals surface area contributed by atoms with Crippen LogP contribution in [-0.2, 0) is 9.47 Å². The molecule has 0 aromatic rings. The summed E-state index contributed by atoms with van der Waals surface area (Å²) in [4.78, 5) is 4.74. The van der Waals surface area contributed by atoms with Crippen LogP contribution in [0.3, 0.4) is 0 Å². The number of piperidine rings is 1. The monoisotopic (exact) mass is 245 g/mol. The Kier molecular flexibility index (Phi) is 6.99. The summed E-state index contributed by atoms with van der Waals surface area (Å²) in [5.74, 6) is 0. The van der Waals surface area contributed by atoms with Crippen molar-refractivity contribution in [1.29, 1.82) is 0 Å². The lowest BCUT2D eigenvalue weighted by atomic mass is 9.99. The number of methoxy groups -OCH3 is 2. The fourth-order valence-corrected chi connectivity index (χ4v) is 2.35. The first-order valence-corrected chi connectivity index (χ1v) is 6.35. The van der Waals surface area contributed by atoms with E-state index in [-0.39, 0.29) is 6.04 Å². The maximum absolute atomic E-state index is 6.24. The minimum absolute atomic E-state index is 0.264. The van der Waals surface area contributed by atoms with Crippen LogP contribution in [0.15, 0.2) is 0 Å². The highest BCUT2D eigenvalue weighted by Crippen LogP contribution is 2.13. The van der Waals surface area contributed by atoms with Crippen molar-refractivity contribution in [2.45, 2.75) is 18.5 Å². The number of likely N-dealkylation sites (N-methyl/N-ethyl adjacent to an activating group) is 1. The Morgan fingerprint density at radius 2 is 1.82 bits per heavy atom. The third-order valence-electron chi connectivity index (χ3n) is 3.47. The van der Waals surface area contributed by atoms with Crippen LogP contribution < -0.4 is 5.73 Å². The molecule has 1 saturated heterocycles. The van der Waals surface area contributed by atoms with E-state index in [9.17, 15) is 0 Å². The summed E-state index contributed by atoms with van der Waals surface area (Å²) in [6, 6.07) is 0.680. The molecule has 102 valence electrons. The van der Waals surface area contributed by atoms with Crippen molar-refractivity contribution in [1.82, 2.24) is 9.80 Å². The van der Waals surface area contributed by atoms with Crippen LogP contribution in [0.2, 0.25) is 0 Å². The van der Waals surface area contributed by atoms with Crippen LogP contribution in [0, 0.1) is 0 Å². The number of hydrogen-bond donors (Lipinski definition) is 1. The minimum Gasteiger partial charge on any atom is -0.383 e. The fourth-order valence-electron chi connectivity index (χ4n) is 2.35. The first-order chi connectivity index (χ1) is 8.19. The predicted molar refractivity (Wildman–Crippen MR) is 69.2 cm³/mol. The van der Waals surface area contributed by atoms with E-state index >= 15 is 0 Å². The third-order valence-corrected chi connectivity index (χ3v) is 3.47. The van der Waals surface area contributed by atoms with Gasteiger partial charge in [0.05, 0.1) is 13.2 Å². The highest BCUT2D eigenvalue weighted by Gasteiger charge is 2.29. The average molecular weight is 245 g/mol. The lowest BCUT2D eigenvalue weighted by molar-refractivity contribution is 0.0483. The second-order valence-electron chi connectivity index (χ2n) is 4.80. The number of ether oxygens (including phenoxy) is 2. The molecule has 5 heteroatoms. The lowest BCUT2D eigenvalue weighted by Crippen LogP contribution is -2.58. The van der Waals surface area contributed by atoms with Gasteiger partial charge in [-0.15, -0.1) is 0 Å². The second-order valence-corrected chi connectivity index (χ2v) is 4.80. The van der Waals surface area contributed by atoms with E-state index < -0.39 is 0 Å². The number of rotatable bonds is 7. The highest BCUT2D eigenvalue weighted by atomic mass is 16.5. The van der Waals surface area contributed by atoms with E-state index in [1.807, 2.05) is 0 Å². The van der Waals surface area contributed by atoms with E-state index in [4.69, 9.17) is 15.2 Å². The summed E-state index contributed by atoms with van der Waals surface area (Å²) in [6.07, 6.45) is 1.07. The van der Waals surface area contributed by atoms with Gasteiger partial charge in [0.15, 0.2) is 0 Å². The van der Waals surface area contributed by atoms with Gasteiger partial charge in [0, 0.05) is 45.9 Å². The van der Waals surface area contributed by atoms with Gasteiger partial charge in [-0.25, -0.2) is 0 Å². The summed E-state index contributed by atoms with van der Waals surface area (Å²) in [6.45, 7) is 5.47. The molecule has 1 aliphatic rings. The third kappa shape index (κ3) is 4.89. The normalized spacial score (nSPS) is 26.6. The molecule has 1 rings (SSSR count). The minimum atomic E-state index is 0.264. The van der Waals surface area contributed by atoms with E-state index in [1.54, 1.807) is 14.2 Å². The zero-order valence-electron chi connectivity index (χ0n) is 11.4. The van der Waals surface area contributed by atoms with Crippen LogP contribution in [-0.4, -0.2) is 82.5 Å². The molecule has 0 amide bonds. The van der Waals surface area contributed by atoms with E-state index in [0.717, 1.165) is 45.8 Å². The quantitative estimate of drug-likeness (QED) is 0.662. The Bertz CT molecular complexity index is 196. The summed E-state index contributed by atoms with van der Waals surface area (Å²) in [5, 5.41) is 0. The first kappa shape index (κ1) is 14.9. The molecule has 0 saturated carbocycles. The number of hydrogen-bond acceptors (Lipinski definition) is 5. The molecule has 17 heavy (non-hydrogen) atoms. The van der Waals surface area contributed by atoms with Crippen molar-refractivity contribution in [3.05, 3.63) is 0 Å². The van der Waals surface area contributed by atoms with Gasteiger partial charge in [-0.2, -0.15) is 0 Å². The Morgan fingerprint density at radius 3 is 2.35 bits per heavy atom. The molecule has 2 N–H and O–H groups in total. The SMILES string of the molecule is COCCN(CCOC)C1CN(C)CCC1N. The van der Waals surface area contributed by atoms with Gasteiger partial charge < -0.3 is 20.1 Å². The molecule has 0 aromatic carbocycles. The molecule has 5 nitrogen and oxygen atoms in total. The lowest BCUT2D eigenvalue weighted by Gasteiger charge is -2.41. The van der Waals surface area contributed by atoms with Crippen LogP contribution in [0.25, 0.3) is 0 Å². The van der Waals surface area contributed by atoms with E-state index in [1.165, 1.54) is 0 Å². The smallest absolute Gasteiger partial charge is 0.0589 e. The molecule has 0 aliphatic carbocycles. The largest absolute Gasteiger partial charge is 0.383 e. The molecule has 2 unspecified atom stereocenters. The van der Waals surface area contributed by atoms with Gasteiger partial charge in [0.1, 0.15) is 0 Å². The molecule has 1 aliphatic heterocycles. The standard InChI is InChI=1S/C12H27N3O2/c1-14-5-4-11(13)12(10-14)15(6-8-16-2)7-9-17-3/h11-12H,4-10,13H2,1-3H3. The van der Waals surface area contributed by atoms with Gasteiger partial charge in [-0.1, -0.05) is 0 Å². The zero-order valence-corrected chi connectivity index (χ0v) is 11.4. The molecule has 2 atom stereocenters. The Hall–Kier alpha value is -0.200. The van der Waals surface area contributed by atoms with Crippen molar-refractivity contribution < 1.29 is 9.47 Å².